The molecule has 1 saturated heterocycles. The van der Waals surface area contributed by atoms with E-state index in [0.717, 1.165) is 50.8 Å². The van der Waals surface area contributed by atoms with Crippen molar-refractivity contribution in [1.29, 1.82) is 0 Å². The number of aromatic amines is 1. The van der Waals surface area contributed by atoms with Gasteiger partial charge in [-0.25, -0.2) is 23.7 Å². The average molecular weight is 521 g/mol. The Kier molecular flexibility index (Phi) is 6.24. The zero-order valence-corrected chi connectivity index (χ0v) is 20.6. The molecule has 4 N–H and O–H groups in total. The van der Waals surface area contributed by atoms with Crippen molar-refractivity contribution in [3.05, 3.63) is 59.7 Å². The predicted octanol–water partition coefficient (Wildman–Crippen LogP) is 3.78. The van der Waals surface area contributed by atoms with Gasteiger partial charge in [0.15, 0.2) is 23.2 Å². The molecule has 2 aliphatic rings. The number of halogens is 2. The number of H-pyrrole nitrogens is 1. The molecule has 1 aliphatic heterocycles. The first-order chi connectivity index (χ1) is 18.5. The maximum atomic E-state index is 15.3. The number of nitrogens with zero attached hydrogens (tertiary/aromatic N) is 4. The number of piperazine rings is 1. The van der Waals surface area contributed by atoms with Crippen molar-refractivity contribution in [3.63, 3.8) is 0 Å². The number of rotatable bonds is 7. The van der Waals surface area contributed by atoms with E-state index in [-0.39, 0.29) is 34.2 Å². The normalized spacial score (nSPS) is 15.5. The lowest BCUT2D eigenvalue weighted by Crippen LogP contribution is -2.43. The number of benzene rings is 1. The Balaban J connectivity index is 1.33. The van der Waals surface area contributed by atoms with E-state index in [0.29, 0.717) is 11.5 Å². The number of ether oxygens (including phenoxy) is 1. The number of aromatic nitrogens is 4. The molecule has 4 aromatic rings. The maximum Gasteiger partial charge on any atom is 0.260 e. The van der Waals surface area contributed by atoms with Gasteiger partial charge in [0.2, 0.25) is 5.88 Å². The smallest absolute Gasteiger partial charge is 0.260 e. The third-order valence-electron chi connectivity index (χ3n) is 6.54. The standard InChI is InChI=1S/C26H26F2N8O2/c1-14-10-17-22(28)19(11-18(27)23(17)33-14)38-26-21(25(37)34-15-2-3-15)24(31-13-32-26)35-20-5-4-16(12-30-20)36-8-6-29-7-9-36/h4-5,10-13,15,29,33H,2-3,6-9H2,1H3,(H,34,37)(H,30,31,32,35). The van der Waals surface area contributed by atoms with Crippen LogP contribution in [0.15, 0.2) is 36.8 Å². The number of hydrogen-bond acceptors (Lipinski definition) is 8. The Morgan fingerprint density at radius 1 is 1.13 bits per heavy atom. The second kappa shape index (κ2) is 9.86. The van der Waals surface area contributed by atoms with E-state index >= 15 is 4.39 Å². The van der Waals surface area contributed by atoms with E-state index in [4.69, 9.17) is 4.74 Å². The largest absolute Gasteiger partial charge is 0.435 e. The molecule has 1 amide bonds. The molecule has 2 fully saturated rings. The molecule has 4 heterocycles. The fraction of sp³-hybridized carbons (Fsp3) is 0.308. The fourth-order valence-corrected chi connectivity index (χ4v) is 4.44. The maximum absolute atomic E-state index is 15.3. The van der Waals surface area contributed by atoms with E-state index in [1.165, 1.54) is 12.4 Å². The van der Waals surface area contributed by atoms with Gasteiger partial charge < -0.3 is 30.6 Å². The number of aryl methyl sites for hydroxylation is 1. The number of carbonyl (C=O) groups excluding carboxylic acids is 1. The van der Waals surface area contributed by atoms with Crippen molar-refractivity contribution in [3.8, 4) is 11.6 Å². The molecular formula is C26H26F2N8O2. The lowest BCUT2D eigenvalue weighted by atomic mass is 10.2. The van der Waals surface area contributed by atoms with Crippen LogP contribution in [0.1, 0.15) is 28.9 Å². The minimum Gasteiger partial charge on any atom is -0.435 e. The zero-order valence-electron chi connectivity index (χ0n) is 20.6. The van der Waals surface area contributed by atoms with Crippen LogP contribution >= 0.6 is 0 Å². The van der Waals surface area contributed by atoms with Crippen LogP contribution < -0.4 is 25.6 Å². The van der Waals surface area contributed by atoms with Gasteiger partial charge in [0.05, 0.1) is 17.4 Å². The third kappa shape index (κ3) is 4.82. The van der Waals surface area contributed by atoms with Gasteiger partial charge in [0.25, 0.3) is 5.91 Å². The van der Waals surface area contributed by atoms with Gasteiger partial charge in [-0.05, 0) is 38.0 Å². The minimum absolute atomic E-state index is 0.0301. The van der Waals surface area contributed by atoms with Gasteiger partial charge >= 0.3 is 0 Å². The van der Waals surface area contributed by atoms with Gasteiger partial charge in [-0.15, -0.1) is 0 Å². The van der Waals surface area contributed by atoms with Crippen LogP contribution in [0, 0.1) is 18.6 Å². The molecule has 38 heavy (non-hydrogen) atoms. The Labute approximate surface area is 216 Å². The highest BCUT2D eigenvalue weighted by atomic mass is 19.1. The van der Waals surface area contributed by atoms with Crippen molar-refractivity contribution < 1.29 is 18.3 Å². The summed E-state index contributed by atoms with van der Waals surface area (Å²) in [5, 5.41) is 9.31. The molecule has 0 unspecified atom stereocenters. The van der Waals surface area contributed by atoms with Crippen LogP contribution in [-0.4, -0.2) is 58.1 Å². The van der Waals surface area contributed by atoms with Gasteiger partial charge in [-0.1, -0.05) is 0 Å². The van der Waals surface area contributed by atoms with E-state index in [9.17, 15) is 9.18 Å². The molecule has 6 rings (SSSR count). The predicted molar refractivity (Wildman–Crippen MR) is 138 cm³/mol. The van der Waals surface area contributed by atoms with Gasteiger partial charge in [-0.3, -0.25) is 4.79 Å². The summed E-state index contributed by atoms with van der Waals surface area (Å²) in [7, 11) is 0. The van der Waals surface area contributed by atoms with Crippen LogP contribution in [0.2, 0.25) is 0 Å². The molecule has 3 aromatic heterocycles. The molecule has 0 radical (unpaired) electrons. The van der Waals surface area contributed by atoms with Crippen LogP contribution in [-0.2, 0) is 0 Å². The number of hydrogen-bond donors (Lipinski definition) is 4. The number of carbonyl (C=O) groups is 1. The van der Waals surface area contributed by atoms with E-state index < -0.39 is 23.3 Å². The summed E-state index contributed by atoms with van der Waals surface area (Å²) in [6.07, 6.45) is 4.66. The van der Waals surface area contributed by atoms with Gasteiger partial charge in [0, 0.05) is 49.4 Å². The summed E-state index contributed by atoms with van der Waals surface area (Å²) in [6.45, 7) is 5.29. The molecule has 1 aliphatic carbocycles. The van der Waals surface area contributed by atoms with Crippen molar-refractivity contribution in [2.45, 2.75) is 25.8 Å². The summed E-state index contributed by atoms with van der Waals surface area (Å²) in [4.78, 5) is 31.1. The molecule has 0 atom stereocenters. The molecule has 0 spiro atoms. The van der Waals surface area contributed by atoms with Crippen molar-refractivity contribution in [2.75, 3.05) is 36.4 Å². The van der Waals surface area contributed by atoms with Crippen molar-refractivity contribution >= 4 is 34.1 Å². The Bertz CT molecular complexity index is 1500. The minimum atomic E-state index is -0.766. The first-order valence-electron chi connectivity index (χ1n) is 12.5. The first-order valence-corrected chi connectivity index (χ1v) is 12.5. The lowest BCUT2D eigenvalue weighted by Gasteiger charge is -2.29. The molecule has 196 valence electrons. The third-order valence-corrected chi connectivity index (χ3v) is 6.54. The van der Waals surface area contributed by atoms with Crippen LogP contribution in [0.25, 0.3) is 10.9 Å². The average Bonchev–Trinajstić information content (AvgIpc) is 3.65. The molecule has 1 saturated carbocycles. The summed E-state index contributed by atoms with van der Waals surface area (Å²) >= 11 is 0. The molecule has 0 bridgehead atoms. The Morgan fingerprint density at radius 3 is 2.68 bits per heavy atom. The van der Waals surface area contributed by atoms with Crippen molar-refractivity contribution in [1.82, 2.24) is 30.6 Å². The monoisotopic (exact) mass is 520 g/mol. The topological polar surface area (TPSA) is 120 Å². The Hall–Kier alpha value is -4.32. The highest BCUT2D eigenvalue weighted by Gasteiger charge is 2.29. The second-order valence-electron chi connectivity index (χ2n) is 9.43. The highest BCUT2D eigenvalue weighted by molar-refractivity contribution is 6.01. The number of nitrogens with one attached hydrogen (secondary N) is 4. The number of anilines is 3. The van der Waals surface area contributed by atoms with Crippen LogP contribution in [0.5, 0.6) is 11.6 Å². The van der Waals surface area contributed by atoms with E-state index in [1.807, 2.05) is 6.07 Å². The number of pyridine rings is 1. The quantitative estimate of drug-likeness (QED) is 0.291. The Morgan fingerprint density at radius 2 is 1.95 bits per heavy atom. The molecule has 12 heteroatoms. The van der Waals surface area contributed by atoms with Crippen molar-refractivity contribution in [2.24, 2.45) is 0 Å². The second-order valence-corrected chi connectivity index (χ2v) is 9.43. The van der Waals surface area contributed by atoms with E-state index in [1.54, 1.807) is 19.2 Å². The van der Waals surface area contributed by atoms with Crippen LogP contribution in [0.4, 0.5) is 26.1 Å². The molecule has 1 aromatic carbocycles. The molecular weight excluding hydrogens is 494 g/mol. The summed E-state index contributed by atoms with van der Waals surface area (Å²) in [5.74, 6) is -1.94. The van der Waals surface area contributed by atoms with E-state index in [2.05, 4.69) is 40.8 Å². The highest BCUT2D eigenvalue weighted by Crippen LogP contribution is 2.35. The fourth-order valence-electron chi connectivity index (χ4n) is 4.44. The van der Waals surface area contributed by atoms with Gasteiger partial charge in [-0.2, -0.15) is 0 Å². The van der Waals surface area contributed by atoms with Crippen LogP contribution in [0.3, 0.4) is 0 Å². The summed E-state index contributed by atoms with van der Waals surface area (Å²) < 4.78 is 35.7. The lowest BCUT2D eigenvalue weighted by molar-refractivity contribution is 0.0948. The first kappa shape index (κ1) is 24.0. The number of amides is 1. The zero-order chi connectivity index (χ0) is 26.2. The van der Waals surface area contributed by atoms with Gasteiger partial charge in [0.1, 0.15) is 17.7 Å². The number of fused-ring (bicyclic) bond motifs is 1. The molecule has 10 nitrogen and oxygen atoms in total. The summed E-state index contributed by atoms with van der Waals surface area (Å²) in [6, 6.07) is 6.19. The summed E-state index contributed by atoms with van der Waals surface area (Å²) in [5.41, 5.74) is 1.60. The SMILES string of the molecule is Cc1cc2c(F)c(Oc3ncnc(Nc4ccc(N5CCNCC5)cn4)c3C(=O)NC3CC3)cc(F)c2[nH]1.